The molecule has 1 aromatic heterocycles. The van der Waals surface area contributed by atoms with Crippen LogP contribution < -0.4 is 0 Å². The molecule has 108 valence electrons. The Bertz CT molecular complexity index is 791. The number of rotatable bonds is 3. The lowest BCUT2D eigenvalue weighted by Gasteiger charge is -2.11. The summed E-state index contributed by atoms with van der Waals surface area (Å²) < 4.78 is 16.1. The topological polar surface area (TPSA) is 17.8 Å². The van der Waals surface area contributed by atoms with Gasteiger partial charge in [0, 0.05) is 12.3 Å². The van der Waals surface area contributed by atoms with Gasteiger partial charge in [0.2, 0.25) is 0 Å². The first-order valence-corrected chi connectivity index (χ1v) is 7.52. The predicted molar refractivity (Wildman–Crippen MR) is 85.2 cm³/mol. The molecule has 0 N–H and O–H groups in total. The Labute approximate surface area is 132 Å². The first-order chi connectivity index (χ1) is 10.1. The summed E-state index contributed by atoms with van der Waals surface area (Å²) in [5.74, 6) is 0.745. The highest BCUT2D eigenvalue weighted by Crippen LogP contribution is 2.30. The Kier molecular flexibility index (Phi) is 3.87. The maximum atomic E-state index is 14.3. The van der Waals surface area contributed by atoms with Gasteiger partial charge < -0.3 is 0 Å². The van der Waals surface area contributed by atoms with Crippen molar-refractivity contribution >= 4 is 34.2 Å². The second-order valence-electron chi connectivity index (χ2n) is 4.82. The Hall–Kier alpha value is -1.58. The number of benzene rings is 2. The summed E-state index contributed by atoms with van der Waals surface area (Å²) in [6.07, 6.45) is 0.542. The van der Waals surface area contributed by atoms with E-state index in [1.54, 1.807) is 16.7 Å². The summed E-state index contributed by atoms with van der Waals surface area (Å²) in [6.45, 7) is 1.98. The van der Waals surface area contributed by atoms with Crippen LogP contribution >= 0.6 is 23.2 Å². The van der Waals surface area contributed by atoms with Gasteiger partial charge in [-0.2, -0.15) is 0 Å². The van der Waals surface area contributed by atoms with Crippen molar-refractivity contribution in [1.29, 1.82) is 0 Å². The average molecular weight is 323 g/mol. The highest BCUT2D eigenvalue weighted by atomic mass is 35.5. The van der Waals surface area contributed by atoms with Crippen LogP contribution in [0.5, 0.6) is 0 Å². The van der Waals surface area contributed by atoms with Crippen LogP contribution in [-0.2, 0) is 6.42 Å². The fourth-order valence-electron chi connectivity index (χ4n) is 2.49. The normalized spacial score (nSPS) is 11.2. The molecule has 0 spiro atoms. The summed E-state index contributed by atoms with van der Waals surface area (Å²) in [5, 5.41) is 0.353. The first-order valence-electron chi connectivity index (χ1n) is 6.60. The average Bonchev–Trinajstić information content (AvgIpc) is 2.80. The predicted octanol–water partition coefficient (Wildman–Crippen LogP) is 4.91. The monoisotopic (exact) mass is 322 g/mol. The quantitative estimate of drug-likeness (QED) is 0.626. The molecule has 0 aliphatic heterocycles. The maximum Gasteiger partial charge on any atom is 0.148 e. The zero-order chi connectivity index (χ0) is 15.0. The summed E-state index contributed by atoms with van der Waals surface area (Å²) in [5.41, 5.74) is 3.04. The molecule has 0 fully saturated rings. The number of nitrogens with zero attached hydrogens (tertiary/aromatic N) is 2. The van der Waals surface area contributed by atoms with Crippen molar-refractivity contribution in [2.24, 2.45) is 0 Å². The number of alkyl halides is 1. The Morgan fingerprint density at radius 1 is 1.19 bits per heavy atom. The number of aryl methyl sites for hydroxylation is 2. The lowest BCUT2D eigenvalue weighted by atomic mass is 10.2. The van der Waals surface area contributed by atoms with Gasteiger partial charge in [-0.1, -0.05) is 29.8 Å². The Morgan fingerprint density at radius 2 is 1.95 bits per heavy atom. The number of imidazole rings is 1. The highest BCUT2D eigenvalue weighted by molar-refractivity contribution is 6.32. The second kappa shape index (κ2) is 5.66. The van der Waals surface area contributed by atoms with E-state index < -0.39 is 0 Å². The lowest BCUT2D eigenvalue weighted by Crippen LogP contribution is -2.05. The fourth-order valence-corrected chi connectivity index (χ4v) is 2.91. The van der Waals surface area contributed by atoms with Crippen molar-refractivity contribution in [3.63, 3.8) is 0 Å². The molecule has 0 amide bonds. The Morgan fingerprint density at radius 3 is 2.67 bits per heavy atom. The molecule has 3 rings (SSSR count). The molecule has 0 saturated carbocycles. The van der Waals surface area contributed by atoms with Crippen LogP contribution in [0.2, 0.25) is 5.02 Å². The molecule has 21 heavy (non-hydrogen) atoms. The maximum absolute atomic E-state index is 14.3. The lowest BCUT2D eigenvalue weighted by molar-refractivity contribution is 0.617. The van der Waals surface area contributed by atoms with Crippen molar-refractivity contribution in [2.45, 2.75) is 13.3 Å². The van der Waals surface area contributed by atoms with Crippen molar-refractivity contribution in [1.82, 2.24) is 9.55 Å². The second-order valence-corrected chi connectivity index (χ2v) is 5.60. The molecule has 2 aromatic carbocycles. The van der Waals surface area contributed by atoms with E-state index in [2.05, 4.69) is 4.98 Å². The van der Waals surface area contributed by atoms with E-state index in [1.807, 2.05) is 25.1 Å². The smallest absolute Gasteiger partial charge is 0.148 e. The molecule has 0 aliphatic rings. The number of fused-ring (bicyclic) bond motifs is 1. The van der Waals surface area contributed by atoms with Crippen LogP contribution in [-0.4, -0.2) is 15.4 Å². The van der Waals surface area contributed by atoms with Crippen LogP contribution in [0.3, 0.4) is 0 Å². The number of halogens is 3. The van der Waals surface area contributed by atoms with Crippen molar-refractivity contribution < 1.29 is 4.39 Å². The molecular formula is C16H13Cl2FN2. The van der Waals surface area contributed by atoms with Crippen molar-refractivity contribution in [2.75, 3.05) is 5.88 Å². The highest BCUT2D eigenvalue weighted by Gasteiger charge is 2.18. The zero-order valence-electron chi connectivity index (χ0n) is 11.4. The molecule has 0 radical (unpaired) electrons. The fraction of sp³-hybridized carbons (Fsp3) is 0.188. The van der Waals surface area contributed by atoms with Gasteiger partial charge in [0.15, 0.2) is 0 Å². The van der Waals surface area contributed by atoms with E-state index in [4.69, 9.17) is 23.2 Å². The first kappa shape index (κ1) is 14.4. The standard InChI is InChI=1S/C16H13Cl2FN2/c1-10-4-2-7-13-15(10)20-14(8-9-17)21(13)16-11(18)5-3-6-12(16)19/h2-7H,8-9H2,1H3. The molecule has 0 saturated heterocycles. The minimum atomic E-state index is -0.376. The molecule has 0 atom stereocenters. The van der Waals surface area contributed by atoms with Gasteiger partial charge in [-0.3, -0.25) is 4.57 Å². The number of para-hydroxylation sites is 2. The third-order valence-corrected chi connectivity index (χ3v) is 3.93. The van der Waals surface area contributed by atoms with Gasteiger partial charge in [-0.25, -0.2) is 9.37 Å². The molecule has 5 heteroatoms. The number of hydrogen-bond acceptors (Lipinski definition) is 1. The summed E-state index contributed by atoms with van der Waals surface area (Å²) >= 11 is 12.1. The van der Waals surface area contributed by atoms with E-state index in [-0.39, 0.29) is 5.82 Å². The van der Waals surface area contributed by atoms with E-state index >= 15 is 0 Å². The molecule has 2 nitrogen and oxygen atoms in total. The molecule has 0 bridgehead atoms. The van der Waals surface area contributed by atoms with Crippen molar-refractivity contribution in [3.05, 3.63) is 58.6 Å². The van der Waals surface area contributed by atoms with Gasteiger partial charge in [0.1, 0.15) is 17.3 Å². The Balaban J connectivity index is 2.40. The van der Waals surface area contributed by atoms with Crippen LogP contribution in [0.15, 0.2) is 36.4 Å². The van der Waals surface area contributed by atoms with Crippen LogP contribution in [0.1, 0.15) is 11.4 Å². The summed E-state index contributed by atoms with van der Waals surface area (Å²) in [6, 6.07) is 10.5. The van der Waals surface area contributed by atoms with Gasteiger partial charge in [-0.05, 0) is 30.7 Å². The van der Waals surface area contributed by atoms with Crippen LogP contribution in [0.4, 0.5) is 4.39 Å². The minimum absolute atomic E-state index is 0.326. The van der Waals surface area contributed by atoms with E-state index in [0.717, 1.165) is 16.6 Å². The minimum Gasteiger partial charge on any atom is -0.292 e. The molecular weight excluding hydrogens is 310 g/mol. The van der Waals surface area contributed by atoms with Gasteiger partial charge >= 0.3 is 0 Å². The third kappa shape index (κ3) is 2.41. The molecule has 0 unspecified atom stereocenters. The molecule has 1 heterocycles. The third-order valence-electron chi connectivity index (χ3n) is 3.44. The summed E-state index contributed by atoms with van der Waals surface area (Å²) in [4.78, 5) is 4.61. The number of aromatic nitrogens is 2. The van der Waals surface area contributed by atoms with E-state index in [0.29, 0.717) is 28.8 Å². The van der Waals surface area contributed by atoms with E-state index in [9.17, 15) is 4.39 Å². The van der Waals surface area contributed by atoms with Gasteiger partial charge in [0.25, 0.3) is 0 Å². The largest absolute Gasteiger partial charge is 0.292 e. The van der Waals surface area contributed by atoms with Crippen LogP contribution in [0.25, 0.3) is 16.7 Å². The SMILES string of the molecule is Cc1cccc2c1nc(CCCl)n2-c1c(F)cccc1Cl. The van der Waals surface area contributed by atoms with Gasteiger partial charge in [-0.15, -0.1) is 11.6 Å². The van der Waals surface area contributed by atoms with Gasteiger partial charge in [0.05, 0.1) is 16.1 Å². The van der Waals surface area contributed by atoms with Crippen LogP contribution in [0, 0.1) is 12.7 Å². The molecule has 3 aromatic rings. The zero-order valence-corrected chi connectivity index (χ0v) is 12.9. The number of hydrogen-bond donors (Lipinski definition) is 0. The van der Waals surface area contributed by atoms with Crippen molar-refractivity contribution in [3.8, 4) is 5.69 Å². The summed E-state index contributed by atoms with van der Waals surface area (Å²) in [7, 11) is 0. The van der Waals surface area contributed by atoms with E-state index in [1.165, 1.54) is 6.07 Å². The molecule has 0 aliphatic carbocycles.